The van der Waals surface area contributed by atoms with E-state index in [2.05, 4.69) is 25.8 Å². The molecule has 4 rings (SSSR count). The fourth-order valence-electron chi connectivity index (χ4n) is 3.14. The molecular weight excluding hydrogens is 468 g/mol. The Morgan fingerprint density at radius 3 is 2.70 bits per heavy atom. The normalized spacial score (nSPS) is 15.8. The first-order valence-corrected chi connectivity index (χ1v) is 10.7. The topological polar surface area (TPSA) is 92.4 Å². The van der Waals surface area contributed by atoms with Crippen LogP contribution in [0.4, 0.5) is 14.9 Å². The highest BCUT2D eigenvalue weighted by molar-refractivity contribution is 6.34. The van der Waals surface area contributed by atoms with Crippen LogP contribution in [0.15, 0.2) is 70.2 Å². The van der Waals surface area contributed by atoms with Crippen LogP contribution >= 0.6 is 23.2 Å². The van der Waals surface area contributed by atoms with Crippen LogP contribution in [0.2, 0.25) is 5.02 Å². The van der Waals surface area contributed by atoms with Gasteiger partial charge in [0.25, 0.3) is 5.89 Å². The molecule has 33 heavy (non-hydrogen) atoms. The van der Waals surface area contributed by atoms with Crippen LogP contribution in [0.3, 0.4) is 0 Å². The van der Waals surface area contributed by atoms with E-state index >= 15 is 0 Å². The van der Waals surface area contributed by atoms with E-state index in [-0.39, 0.29) is 21.8 Å². The van der Waals surface area contributed by atoms with Crippen LogP contribution in [0.25, 0.3) is 17.0 Å². The lowest BCUT2D eigenvalue weighted by Crippen LogP contribution is -2.35. The second kappa shape index (κ2) is 9.97. The van der Waals surface area contributed by atoms with Crippen molar-refractivity contribution in [3.8, 4) is 11.5 Å². The molecule has 1 aliphatic carbocycles. The number of hydrogen-bond acceptors (Lipinski definition) is 5. The molecule has 7 nitrogen and oxygen atoms in total. The number of halogens is 3. The monoisotopic (exact) mass is 485 g/mol. The van der Waals surface area contributed by atoms with Crippen molar-refractivity contribution < 1.29 is 13.7 Å². The minimum absolute atomic E-state index is 0.0113. The molecule has 1 unspecified atom stereocenters. The van der Waals surface area contributed by atoms with Crippen LogP contribution in [0.5, 0.6) is 0 Å². The van der Waals surface area contributed by atoms with Gasteiger partial charge in [-0.15, -0.1) is 11.6 Å². The third-order valence-corrected chi connectivity index (χ3v) is 5.42. The number of aliphatic imine (C=N–C) groups is 1. The van der Waals surface area contributed by atoms with E-state index in [1.165, 1.54) is 25.2 Å². The maximum atomic E-state index is 14.1. The number of hydrogen-bond donors (Lipinski definition) is 2. The lowest BCUT2D eigenvalue weighted by atomic mass is 10.1. The van der Waals surface area contributed by atoms with Gasteiger partial charge in [-0.2, -0.15) is 4.98 Å². The molecule has 0 saturated carbocycles. The van der Waals surface area contributed by atoms with Crippen molar-refractivity contribution in [3.63, 3.8) is 0 Å². The maximum absolute atomic E-state index is 14.1. The number of anilines is 1. The number of aromatic nitrogens is 2. The summed E-state index contributed by atoms with van der Waals surface area (Å²) >= 11 is 12.1. The van der Waals surface area contributed by atoms with Crippen LogP contribution in [0, 0.1) is 5.82 Å². The maximum Gasteiger partial charge on any atom is 0.324 e. The average molecular weight is 486 g/mol. The molecule has 0 spiro atoms. The van der Waals surface area contributed by atoms with Gasteiger partial charge < -0.3 is 9.84 Å². The quantitative estimate of drug-likeness (QED) is 0.282. The largest absolute Gasteiger partial charge is 0.334 e. The lowest BCUT2D eigenvalue weighted by molar-refractivity contribution is 0.256. The molecule has 0 bridgehead atoms. The molecule has 1 aromatic heterocycles. The molecule has 168 valence electrons. The Labute approximate surface area is 199 Å². The fourth-order valence-corrected chi connectivity index (χ4v) is 3.55. The van der Waals surface area contributed by atoms with Crippen LogP contribution < -0.4 is 10.6 Å². The molecule has 0 saturated heterocycles. The molecule has 0 fully saturated rings. The number of nitrogens with zero attached hydrogens (tertiary/aromatic N) is 3. The summed E-state index contributed by atoms with van der Waals surface area (Å²) in [6.07, 6.45) is 6.41. The van der Waals surface area contributed by atoms with Crippen molar-refractivity contribution >= 4 is 46.3 Å². The number of amidine groups is 1. The van der Waals surface area contributed by atoms with Gasteiger partial charge in [0.05, 0.1) is 16.0 Å². The number of benzene rings is 2. The standard InChI is InChI=1S/C23H18Cl2FN5O2/c1-27-21(19-17(25)3-2-4-18(19)26)30-23(32)28-16-11-7-14(8-12-16)22-29-20(31-33-22)13-5-9-15(24)10-6-13/h2-9,11-12,15H,10H2,1H3,(H2,27,28,30,32). The summed E-state index contributed by atoms with van der Waals surface area (Å²) in [5.74, 6) is 0.244. The molecule has 10 heteroatoms. The van der Waals surface area contributed by atoms with Crippen molar-refractivity contribution in [1.29, 1.82) is 0 Å². The van der Waals surface area contributed by atoms with Crippen molar-refractivity contribution in [2.24, 2.45) is 4.99 Å². The summed E-state index contributed by atoms with van der Waals surface area (Å²) < 4.78 is 19.5. The highest BCUT2D eigenvalue weighted by Gasteiger charge is 2.17. The predicted octanol–water partition coefficient (Wildman–Crippen LogP) is 5.68. The SMILES string of the molecule is CN=C(NC(=O)Nc1ccc(-c2nc(C3=CCC(Cl)C=C3)no2)cc1)c1c(F)cccc1Cl. The zero-order valence-corrected chi connectivity index (χ0v) is 18.9. The first-order chi connectivity index (χ1) is 15.9. The van der Waals surface area contributed by atoms with E-state index in [0.29, 0.717) is 29.4 Å². The first kappa shape index (κ1) is 22.7. The zero-order chi connectivity index (χ0) is 23.4. The van der Waals surface area contributed by atoms with Gasteiger partial charge in [-0.1, -0.05) is 41.1 Å². The van der Waals surface area contributed by atoms with Gasteiger partial charge in [-0.25, -0.2) is 9.18 Å². The number of carbonyl (C=O) groups excluding carboxylic acids is 1. The van der Waals surface area contributed by atoms with E-state index in [9.17, 15) is 9.18 Å². The van der Waals surface area contributed by atoms with E-state index in [0.717, 1.165) is 5.57 Å². The first-order valence-electron chi connectivity index (χ1n) is 9.90. The second-order valence-corrected chi connectivity index (χ2v) is 7.99. The molecule has 1 aliphatic rings. The number of carbonyl (C=O) groups is 1. The summed E-state index contributed by atoms with van der Waals surface area (Å²) in [5, 5.41) is 9.30. The molecule has 3 aromatic rings. The Kier molecular flexibility index (Phi) is 6.86. The number of nitrogens with one attached hydrogen (secondary N) is 2. The molecule has 0 radical (unpaired) electrons. The van der Waals surface area contributed by atoms with Crippen LogP contribution in [-0.4, -0.2) is 34.4 Å². The molecular formula is C23H18Cl2FN5O2. The Bertz CT molecular complexity index is 1250. The van der Waals surface area contributed by atoms with E-state index in [1.807, 2.05) is 18.2 Å². The minimum atomic E-state index is -0.601. The molecule has 1 atom stereocenters. The van der Waals surface area contributed by atoms with Gasteiger partial charge in [0.15, 0.2) is 0 Å². The predicted molar refractivity (Wildman–Crippen MR) is 127 cm³/mol. The Balaban J connectivity index is 1.42. The third kappa shape index (κ3) is 5.30. The number of urea groups is 1. The number of allylic oxidation sites excluding steroid dienone is 4. The fraction of sp³-hybridized carbons (Fsp3) is 0.130. The zero-order valence-electron chi connectivity index (χ0n) is 17.3. The highest BCUT2D eigenvalue weighted by atomic mass is 35.5. The van der Waals surface area contributed by atoms with Crippen molar-refractivity contribution in [2.45, 2.75) is 11.8 Å². The molecule has 1 heterocycles. The number of amides is 2. The number of rotatable bonds is 4. The van der Waals surface area contributed by atoms with Gasteiger partial charge in [0.1, 0.15) is 11.7 Å². The van der Waals surface area contributed by atoms with Crippen LogP contribution in [0.1, 0.15) is 17.8 Å². The highest BCUT2D eigenvalue weighted by Crippen LogP contribution is 2.25. The van der Waals surface area contributed by atoms with Gasteiger partial charge >= 0.3 is 6.03 Å². The minimum Gasteiger partial charge on any atom is -0.334 e. The van der Waals surface area contributed by atoms with E-state index < -0.39 is 11.8 Å². The average Bonchev–Trinajstić information content (AvgIpc) is 3.29. The second-order valence-electron chi connectivity index (χ2n) is 7.02. The van der Waals surface area contributed by atoms with Gasteiger partial charge in [0.2, 0.25) is 5.82 Å². The summed E-state index contributed by atoms with van der Waals surface area (Å²) in [6.45, 7) is 0. The molecule has 2 amide bonds. The van der Waals surface area contributed by atoms with Crippen molar-refractivity contribution in [1.82, 2.24) is 15.5 Å². The summed E-state index contributed by atoms with van der Waals surface area (Å²) in [7, 11) is 1.43. The number of alkyl halides is 1. The molecule has 0 aliphatic heterocycles. The van der Waals surface area contributed by atoms with E-state index in [1.54, 1.807) is 24.3 Å². The third-order valence-electron chi connectivity index (χ3n) is 4.78. The summed E-state index contributed by atoms with van der Waals surface area (Å²) in [6, 6.07) is 10.4. The van der Waals surface area contributed by atoms with Crippen molar-refractivity contribution in [3.05, 3.63) is 82.9 Å². The van der Waals surface area contributed by atoms with Crippen LogP contribution in [-0.2, 0) is 0 Å². The molecule has 2 N–H and O–H groups in total. The van der Waals surface area contributed by atoms with Gasteiger partial charge in [-0.05, 0) is 42.8 Å². The summed E-state index contributed by atoms with van der Waals surface area (Å²) in [4.78, 5) is 20.8. The van der Waals surface area contributed by atoms with E-state index in [4.69, 9.17) is 27.7 Å². The Morgan fingerprint density at radius 1 is 1.24 bits per heavy atom. The Hall–Kier alpha value is -3.49. The smallest absolute Gasteiger partial charge is 0.324 e. The van der Waals surface area contributed by atoms with Gasteiger partial charge in [0, 0.05) is 23.9 Å². The molecule has 2 aromatic carbocycles. The summed E-state index contributed by atoms with van der Waals surface area (Å²) in [5.41, 5.74) is 2.05. The Morgan fingerprint density at radius 2 is 2.03 bits per heavy atom. The lowest BCUT2D eigenvalue weighted by Gasteiger charge is -2.12. The van der Waals surface area contributed by atoms with Crippen molar-refractivity contribution in [2.75, 3.05) is 12.4 Å². The van der Waals surface area contributed by atoms with Gasteiger partial charge in [-0.3, -0.25) is 10.3 Å².